The first-order valence-corrected chi connectivity index (χ1v) is 10.0. The Bertz CT molecular complexity index is 1150. The maximum absolute atomic E-state index is 13.9. The van der Waals surface area contributed by atoms with Crippen molar-refractivity contribution in [1.82, 2.24) is 9.88 Å². The molecule has 0 bridgehead atoms. The number of H-pyrrole nitrogens is 1. The highest BCUT2D eigenvalue weighted by atomic mass is 19.1. The lowest BCUT2D eigenvalue weighted by atomic mass is 10.0. The second kappa shape index (κ2) is 7.78. The van der Waals surface area contributed by atoms with E-state index in [0.717, 1.165) is 27.9 Å². The van der Waals surface area contributed by atoms with Crippen molar-refractivity contribution in [3.05, 3.63) is 76.4 Å². The van der Waals surface area contributed by atoms with Crippen LogP contribution in [0.5, 0.6) is 0 Å². The Morgan fingerprint density at radius 3 is 2.57 bits per heavy atom. The first kappa shape index (κ1) is 19.9. The van der Waals surface area contributed by atoms with E-state index in [-0.39, 0.29) is 11.7 Å². The zero-order valence-corrected chi connectivity index (χ0v) is 17.4. The molecule has 3 N–H and O–H groups in total. The van der Waals surface area contributed by atoms with E-state index in [1.807, 2.05) is 37.3 Å². The van der Waals surface area contributed by atoms with Crippen LogP contribution < -0.4 is 5.73 Å². The smallest absolute Gasteiger partial charge is 0.270 e. The highest BCUT2D eigenvalue weighted by Gasteiger charge is 2.25. The number of nitrogens with one attached hydrogen (secondary N) is 1. The number of nitrogens with two attached hydrogens (primary N) is 1. The zero-order valence-electron chi connectivity index (χ0n) is 17.4. The SMILES string of the molecule is CC(=Nc1cc(C)c(F)c(C)c1)C1=C(N)CCN(C(=O)c2cc3ccccc3[nH]2)C1. The van der Waals surface area contributed by atoms with E-state index in [1.165, 1.54) is 0 Å². The van der Waals surface area contributed by atoms with E-state index in [0.29, 0.717) is 42.0 Å². The summed E-state index contributed by atoms with van der Waals surface area (Å²) >= 11 is 0. The summed E-state index contributed by atoms with van der Waals surface area (Å²) in [5.74, 6) is -0.268. The molecule has 6 heteroatoms. The second-order valence-corrected chi connectivity index (χ2v) is 7.84. The molecule has 1 aromatic heterocycles. The number of hydrogen-bond acceptors (Lipinski definition) is 3. The molecular formula is C24H25FN4O. The van der Waals surface area contributed by atoms with Gasteiger partial charge in [-0.1, -0.05) is 18.2 Å². The summed E-state index contributed by atoms with van der Waals surface area (Å²) in [5, 5.41) is 1.01. The van der Waals surface area contributed by atoms with Crippen molar-refractivity contribution < 1.29 is 9.18 Å². The molecule has 0 saturated heterocycles. The van der Waals surface area contributed by atoms with Crippen LogP contribution in [0.2, 0.25) is 0 Å². The average Bonchev–Trinajstić information content (AvgIpc) is 3.16. The fourth-order valence-corrected chi connectivity index (χ4v) is 3.91. The predicted molar refractivity (Wildman–Crippen MR) is 119 cm³/mol. The topological polar surface area (TPSA) is 74.5 Å². The van der Waals surface area contributed by atoms with Crippen LogP contribution in [0.4, 0.5) is 10.1 Å². The minimum Gasteiger partial charge on any atom is -0.402 e. The average molecular weight is 404 g/mol. The fourth-order valence-electron chi connectivity index (χ4n) is 3.91. The van der Waals surface area contributed by atoms with Crippen LogP contribution in [0, 0.1) is 19.7 Å². The molecule has 3 aromatic rings. The van der Waals surface area contributed by atoms with Crippen molar-refractivity contribution >= 4 is 28.2 Å². The lowest BCUT2D eigenvalue weighted by molar-refractivity contribution is 0.0761. The number of aromatic amines is 1. The number of hydrogen-bond donors (Lipinski definition) is 2. The number of carbonyl (C=O) groups excluding carboxylic acids is 1. The number of aliphatic imine (C=N–C) groups is 1. The Labute approximate surface area is 175 Å². The Morgan fingerprint density at radius 1 is 1.17 bits per heavy atom. The number of aryl methyl sites for hydroxylation is 2. The normalized spacial score (nSPS) is 15.2. The molecule has 1 aliphatic rings. The Morgan fingerprint density at radius 2 is 1.87 bits per heavy atom. The molecule has 154 valence electrons. The van der Waals surface area contributed by atoms with Crippen molar-refractivity contribution in [1.29, 1.82) is 0 Å². The Kier molecular flexibility index (Phi) is 5.16. The first-order chi connectivity index (χ1) is 14.3. The summed E-state index contributed by atoms with van der Waals surface area (Å²) in [6.45, 7) is 6.30. The molecule has 0 spiro atoms. The van der Waals surface area contributed by atoms with Crippen molar-refractivity contribution in [3.8, 4) is 0 Å². The van der Waals surface area contributed by atoms with Gasteiger partial charge in [0.05, 0.1) is 5.69 Å². The van der Waals surface area contributed by atoms with Gasteiger partial charge in [0.25, 0.3) is 5.91 Å². The molecule has 1 amide bonds. The molecule has 0 radical (unpaired) electrons. The maximum atomic E-state index is 13.9. The van der Waals surface area contributed by atoms with Crippen LogP contribution in [-0.2, 0) is 0 Å². The summed E-state index contributed by atoms with van der Waals surface area (Å²) in [6.07, 6.45) is 0.593. The van der Waals surface area contributed by atoms with Crippen molar-refractivity contribution in [3.63, 3.8) is 0 Å². The van der Waals surface area contributed by atoms with Crippen molar-refractivity contribution in [2.45, 2.75) is 27.2 Å². The summed E-state index contributed by atoms with van der Waals surface area (Å²) < 4.78 is 13.9. The standard InChI is InChI=1S/C24H25FN4O/c1-14-10-18(11-15(2)23(14)25)27-16(3)19-13-29(9-8-20(19)26)24(30)22-12-17-6-4-5-7-21(17)28-22/h4-7,10-12,28H,8-9,13,26H2,1-3H3. The number of carbonyl (C=O) groups is 1. The number of fused-ring (bicyclic) bond motifs is 1. The van der Waals surface area contributed by atoms with Gasteiger partial charge in [0.2, 0.25) is 0 Å². The molecule has 0 fully saturated rings. The number of nitrogens with zero attached hydrogens (tertiary/aromatic N) is 2. The van der Waals surface area contributed by atoms with Gasteiger partial charge in [-0.2, -0.15) is 0 Å². The van der Waals surface area contributed by atoms with Crippen molar-refractivity contribution in [2.75, 3.05) is 13.1 Å². The molecule has 2 aromatic carbocycles. The van der Waals surface area contributed by atoms with Crippen molar-refractivity contribution in [2.24, 2.45) is 10.7 Å². The van der Waals surface area contributed by atoms with E-state index >= 15 is 0 Å². The number of aromatic nitrogens is 1. The molecule has 5 nitrogen and oxygen atoms in total. The van der Waals surface area contributed by atoms with Gasteiger partial charge in [0, 0.05) is 47.4 Å². The maximum Gasteiger partial charge on any atom is 0.270 e. The van der Waals surface area contributed by atoms with E-state index in [4.69, 9.17) is 5.73 Å². The van der Waals surface area contributed by atoms with E-state index in [2.05, 4.69) is 9.98 Å². The molecule has 0 unspecified atom stereocenters. The molecule has 0 saturated carbocycles. The van der Waals surface area contributed by atoms with Crippen LogP contribution in [-0.4, -0.2) is 34.6 Å². The predicted octanol–water partition coefficient (Wildman–Crippen LogP) is 4.78. The van der Waals surface area contributed by atoms with Gasteiger partial charge >= 0.3 is 0 Å². The van der Waals surface area contributed by atoms with E-state index < -0.39 is 0 Å². The minimum absolute atomic E-state index is 0.0579. The minimum atomic E-state index is -0.210. The largest absolute Gasteiger partial charge is 0.402 e. The summed E-state index contributed by atoms with van der Waals surface area (Å²) in [7, 11) is 0. The lowest BCUT2D eigenvalue weighted by Gasteiger charge is -2.29. The third-order valence-corrected chi connectivity index (χ3v) is 5.59. The molecule has 1 aliphatic heterocycles. The number of halogens is 1. The number of para-hydroxylation sites is 1. The van der Waals surface area contributed by atoms with Gasteiger partial charge < -0.3 is 15.6 Å². The van der Waals surface area contributed by atoms with Crippen LogP contribution in [0.25, 0.3) is 10.9 Å². The quantitative estimate of drug-likeness (QED) is 0.617. The molecule has 0 aliphatic carbocycles. The molecular weight excluding hydrogens is 379 g/mol. The highest BCUT2D eigenvalue weighted by molar-refractivity contribution is 6.03. The molecule has 0 atom stereocenters. The first-order valence-electron chi connectivity index (χ1n) is 10.0. The molecule has 2 heterocycles. The zero-order chi connectivity index (χ0) is 21.4. The molecule has 4 rings (SSSR count). The summed E-state index contributed by atoms with van der Waals surface area (Å²) in [5.41, 5.74) is 11.9. The third kappa shape index (κ3) is 3.73. The number of rotatable bonds is 3. The highest BCUT2D eigenvalue weighted by Crippen LogP contribution is 2.24. The fraction of sp³-hybridized carbons (Fsp3) is 0.250. The van der Waals surface area contributed by atoms with Crippen LogP contribution in [0.15, 0.2) is 58.7 Å². The van der Waals surface area contributed by atoms with Crippen LogP contribution in [0.3, 0.4) is 0 Å². The summed E-state index contributed by atoms with van der Waals surface area (Å²) in [6, 6.07) is 13.1. The van der Waals surface area contributed by atoms with Crippen LogP contribution in [0.1, 0.15) is 35.0 Å². The van der Waals surface area contributed by atoms with Gasteiger partial charge in [-0.25, -0.2) is 4.39 Å². The van der Waals surface area contributed by atoms with E-state index in [9.17, 15) is 9.18 Å². The molecule has 30 heavy (non-hydrogen) atoms. The van der Waals surface area contributed by atoms with Gasteiger partial charge in [-0.05, 0) is 56.2 Å². The van der Waals surface area contributed by atoms with Gasteiger partial charge in [0.1, 0.15) is 11.5 Å². The Balaban J connectivity index is 1.59. The number of amides is 1. The monoisotopic (exact) mass is 404 g/mol. The van der Waals surface area contributed by atoms with Crippen LogP contribution >= 0.6 is 0 Å². The van der Waals surface area contributed by atoms with E-state index in [1.54, 1.807) is 30.9 Å². The second-order valence-electron chi connectivity index (χ2n) is 7.84. The van der Waals surface area contributed by atoms with Gasteiger partial charge in [0.15, 0.2) is 0 Å². The Hall–Kier alpha value is -3.41. The summed E-state index contributed by atoms with van der Waals surface area (Å²) in [4.78, 5) is 22.7. The van der Waals surface area contributed by atoms with Gasteiger partial charge in [-0.3, -0.25) is 9.79 Å². The van der Waals surface area contributed by atoms with Gasteiger partial charge in [-0.15, -0.1) is 0 Å². The third-order valence-electron chi connectivity index (χ3n) is 5.59. The number of benzene rings is 2. The lowest BCUT2D eigenvalue weighted by Crippen LogP contribution is -2.39.